The average molecular weight is 228 g/mol. The molecule has 5 heteroatoms. The molecule has 0 saturated heterocycles. The lowest BCUT2D eigenvalue weighted by Crippen LogP contribution is -2.13. The Labute approximate surface area is 91.9 Å². The number of hydrogen-bond donors (Lipinski definition) is 2. The van der Waals surface area contributed by atoms with Crippen molar-refractivity contribution in [1.82, 2.24) is 0 Å². The maximum absolute atomic E-state index is 11.0. The van der Waals surface area contributed by atoms with Gasteiger partial charge in [0.05, 0.1) is 7.11 Å². The first-order valence-electron chi connectivity index (χ1n) is 4.23. The highest BCUT2D eigenvalue weighted by Gasteiger charge is 2.18. The second-order valence-electron chi connectivity index (χ2n) is 2.86. The molecule has 1 unspecified atom stereocenters. The van der Waals surface area contributed by atoms with Crippen LogP contribution in [0.15, 0.2) is 23.1 Å². The number of benzene rings is 1. The third-order valence-corrected chi connectivity index (χ3v) is 2.73. The van der Waals surface area contributed by atoms with Gasteiger partial charge in [0, 0.05) is 4.90 Å². The van der Waals surface area contributed by atoms with Gasteiger partial charge in [-0.3, -0.25) is 0 Å². The van der Waals surface area contributed by atoms with Crippen LogP contribution in [0.2, 0.25) is 0 Å². The molecule has 1 aromatic rings. The Balaban J connectivity index is 2.97. The van der Waals surface area contributed by atoms with E-state index in [-0.39, 0.29) is 5.75 Å². The molecule has 0 bridgehead atoms. The van der Waals surface area contributed by atoms with Crippen molar-refractivity contribution < 1.29 is 19.7 Å². The summed E-state index contributed by atoms with van der Waals surface area (Å²) in [6.45, 7) is 0. The smallest absolute Gasteiger partial charge is 0.339 e. The van der Waals surface area contributed by atoms with Crippen molar-refractivity contribution in [2.75, 3.05) is 13.4 Å². The fourth-order valence-electron chi connectivity index (χ4n) is 1.12. The zero-order valence-corrected chi connectivity index (χ0v) is 9.25. The van der Waals surface area contributed by atoms with Crippen LogP contribution in [0.4, 0.5) is 0 Å². The van der Waals surface area contributed by atoms with Gasteiger partial charge >= 0.3 is 5.97 Å². The third kappa shape index (κ3) is 2.64. The molecule has 15 heavy (non-hydrogen) atoms. The number of ether oxygens (including phenoxy) is 1. The van der Waals surface area contributed by atoms with Crippen LogP contribution < -0.4 is 0 Å². The Morgan fingerprint density at radius 1 is 1.53 bits per heavy atom. The van der Waals surface area contributed by atoms with Gasteiger partial charge in [0.1, 0.15) is 5.75 Å². The molecule has 1 aromatic carbocycles. The maximum atomic E-state index is 11.0. The number of aliphatic hydroxyl groups is 1. The molecule has 0 aliphatic rings. The lowest BCUT2D eigenvalue weighted by atomic mass is 10.1. The van der Waals surface area contributed by atoms with Crippen molar-refractivity contribution in [2.24, 2.45) is 0 Å². The highest BCUT2D eigenvalue weighted by atomic mass is 32.2. The van der Waals surface area contributed by atoms with E-state index in [1.54, 1.807) is 12.1 Å². The SMILES string of the molecule is COC(=O)C(O)c1ccc(SC)c(O)c1. The summed E-state index contributed by atoms with van der Waals surface area (Å²) in [4.78, 5) is 11.7. The summed E-state index contributed by atoms with van der Waals surface area (Å²) in [6, 6.07) is 4.57. The van der Waals surface area contributed by atoms with Crippen LogP contribution in [0, 0.1) is 0 Å². The number of carbonyl (C=O) groups excluding carboxylic acids is 1. The first-order chi connectivity index (χ1) is 7.10. The fraction of sp³-hybridized carbons (Fsp3) is 0.300. The number of methoxy groups -OCH3 is 1. The zero-order chi connectivity index (χ0) is 11.4. The van der Waals surface area contributed by atoms with E-state index in [2.05, 4.69) is 4.74 Å². The van der Waals surface area contributed by atoms with Crippen LogP contribution >= 0.6 is 11.8 Å². The van der Waals surface area contributed by atoms with Crippen LogP contribution in [0.5, 0.6) is 5.75 Å². The van der Waals surface area contributed by atoms with E-state index in [9.17, 15) is 15.0 Å². The maximum Gasteiger partial charge on any atom is 0.339 e. The largest absolute Gasteiger partial charge is 0.507 e. The van der Waals surface area contributed by atoms with Crippen LogP contribution in [0.25, 0.3) is 0 Å². The molecule has 0 aliphatic carbocycles. The summed E-state index contributed by atoms with van der Waals surface area (Å²) in [5.41, 5.74) is 0.317. The topological polar surface area (TPSA) is 66.8 Å². The van der Waals surface area contributed by atoms with E-state index in [1.165, 1.54) is 24.9 Å². The Bertz CT molecular complexity index is 364. The lowest BCUT2D eigenvalue weighted by molar-refractivity contribution is -0.150. The first kappa shape index (κ1) is 11.9. The van der Waals surface area contributed by atoms with Crippen LogP contribution in [-0.4, -0.2) is 29.5 Å². The van der Waals surface area contributed by atoms with Crippen LogP contribution in [0.1, 0.15) is 11.7 Å². The van der Waals surface area contributed by atoms with Crippen molar-refractivity contribution in [3.63, 3.8) is 0 Å². The van der Waals surface area contributed by atoms with Crippen molar-refractivity contribution in [1.29, 1.82) is 0 Å². The van der Waals surface area contributed by atoms with E-state index in [0.717, 1.165) is 0 Å². The van der Waals surface area contributed by atoms with E-state index in [4.69, 9.17) is 0 Å². The number of phenolic OH excluding ortho intramolecular Hbond substituents is 1. The summed E-state index contributed by atoms with van der Waals surface area (Å²) in [5.74, 6) is -0.700. The average Bonchev–Trinajstić information content (AvgIpc) is 2.26. The number of carbonyl (C=O) groups is 1. The molecule has 0 amide bonds. The molecule has 0 fully saturated rings. The second kappa shape index (κ2) is 5.04. The van der Waals surface area contributed by atoms with Gasteiger partial charge in [-0.2, -0.15) is 0 Å². The number of aromatic hydroxyl groups is 1. The molecule has 1 atom stereocenters. The number of phenols is 1. The van der Waals surface area contributed by atoms with Crippen LogP contribution in [0.3, 0.4) is 0 Å². The number of hydrogen-bond acceptors (Lipinski definition) is 5. The van der Waals surface area contributed by atoms with E-state index >= 15 is 0 Å². The molecule has 4 nitrogen and oxygen atoms in total. The summed E-state index contributed by atoms with van der Waals surface area (Å²) in [6.07, 6.45) is 0.475. The second-order valence-corrected chi connectivity index (χ2v) is 3.71. The van der Waals surface area contributed by atoms with Gasteiger partial charge in [0.2, 0.25) is 0 Å². The molecular formula is C10H12O4S. The lowest BCUT2D eigenvalue weighted by Gasteiger charge is -2.10. The standard InChI is InChI=1S/C10H12O4S/c1-14-10(13)9(12)6-3-4-8(15-2)7(11)5-6/h3-5,9,11-12H,1-2H3. The summed E-state index contributed by atoms with van der Waals surface area (Å²) < 4.78 is 4.39. The van der Waals surface area contributed by atoms with Crippen molar-refractivity contribution in [3.8, 4) is 5.75 Å². The summed E-state index contributed by atoms with van der Waals surface area (Å²) in [5, 5.41) is 19.0. The molecule has 0 radical (unpaired) electrons. The van der Waals surface area contributed by atoms with E-state index in [0.29, 0.717) is 10.5 Å². The predicted molar refractivity (Wildman–Crippen MR) is 56.9 cm³/mol. The summed E-state index contributed by atoms with van der Waals surface area (Å²) >= 11 is 1.38. The Kier molecular flexibility index (Phi) is 3.99. The zero-order valence-electron chi connectivity index (χ0n) is 8.43. The highest BCUT2D eigenvalue weighted by Crippen LogP contribution is 2.29. The van der Waals surface area contributed by atoms with Crippen molar-refractivity contribution in [2.45, 2.75) is 11.0 Å². The molecule has 2 N–H and O–H groups in total. The fourth-order valence-corrected chi connectivity index (χ4v) is 1.60. The molecular weight excluding hydrogens is 216 g/mol. The molecule has 0 aliphatic heterocycles. The van der Waals surface area contributed by atoms with E-state index in [1.807, 2.05) is 6.26 Å². The van der Waals surface area contributed by atoms with Gasteiger partial charge in [-0.05, 0) is 24.0 Å². The number of rotatable bonds is 3. The van der Waals surface area contributed by atoms with Gasteiger partial charge in [-0.25, -0.2) is 4.79 Å². The Morgan fingerprint density at radius 3 is 2.67 bits per heavy atom. The minimum Gasteiger partial charge on any atom is -0.507 e. The molecule has 1 rings (SSSR count). The minimum absolute atomic E-state index is 0.0444. The van der Waals surface area contributed by atoms with Crippen molar-refractivity contribution >= 4 is 17.7 Å². The molecule has 0 aromatic heterocycles. The normalized spacial score (nSPS) is 12.2. The Morgan fingerprint density at radius 2 is 2.20 bits per heavy atom. The highest BCUT2D eigenvalue weighted by molar-refractivity contribution is 7.98. The molecule has 82 valence electrons. The molecule has 0 spiro atoms. The Hall–Kier alpha value is -1.20. The number of aliphatic hydroxyl groups excluding tert-OH is 1. The van der Waals surface area contributed by atoms with Gasteiger partial charge in [0.15, 0.2) is 6.10 Å². The molecule has 0 heterocycles. The number of thioether (sulfide) groups is 1. The van der Waals surface area contributed by atoms with Crippen molar-refractivity contribution in [3.05, 3.63) is 23.8 Å². The third-order valence-electron chi connectivity index (χ3n) is 1.94. The van der Waals surface area contributed by atoms with Gasteiger partial charge in [0.25, 0.3) is 0 Å². The number of esters is 1. The first-order valence-corrected chi connectivity index (χ1v) is 5.45. The quantitative estimate of drug-likeness (QED) is 0.603. The minimum atomic E-state index is -1.35. The van der Waals surface area contributed by atoms with Gasteiger partial charge in [-0.15, -0.1) is 11.8 Å². The summed E-state index contributed by atoms with van der Waals surface area (Å²) in [7, 11) is 1.20. The predicted octanol–water partition coefficient (Wildman–Crippen LogP) is 1.32. The molecule has 0 saturated carbocycles. The monoisotopic (exact) mass is 228 g/mol. The van der Waals surface area contributed by atoms with Gasteiger partial charge < -0.3 is 14.9 Å². The van der Waals surface area contributed by atoms with Gasteiger partial charge in [-0.1, -0.05) is 6.07 Å². The van der Waals surface area contributed by atoms with E-state index < -0.39 is 12.1 Å². The van der Waals surface area contributed by atoms with Crippen LogP contribution in [-0.2, 0) is 9.53 Å².